The van der Waals surface area contributed by atoms with Crippen molar-refractivity contribution in [1.29, 1.82) is 0 Å². The Morgan fingerprint density at radius 1 is 1.39 bits per heavy atom. The van der Waals surface area contributed by atoms with Crippen LogP contribution >= 0.6 is 43.5 Å². The summed E-state index contributed by atoms with van der Waals surface area (Å²) >= 11 is 13.2. The van der Waals surface area contributed by atoms with Gasteiger partial charge in [-0.3, -0.25) is 0 Å². The molecule has 0 fully saturated rings. The molecule has 1 aromatic carbocycles. The van der Waals surface area contributed by atoms with Crippen LogP contribution in [0.2, 0.25) is 5.02 Å². The standard InChI is InChI=1S/C11H11Br2ClN4/c1-15-9(10-11(13)16-17-18(10)2)6-4-3-5-7(12)8(6)14/h3-5,9,15H,1-2H3. The van der Waals surface area contributed by atoms with Crippen molar-refractivity contribution < 1.29 is 0 Å². The van der Waals surface area contributed by atoms with Crippen LogP contribution in [0.25, 0.3) is 0 Å². The van der Waals surface area contributed by atoms with Crippen molar-refractivity contribution in [3.8, 4) is 0 Å². The lowest BCUT2D eigenvalue weighted by Crippen LogP contribution is -2.21. The zero-order chi connectivity index (χ0) is 13.3. The van der Waals surface area contributed by atoms with Gasteiger partial charge >= 0.3 is 0 Å². The maximum atomic E-state index is 6.34. The molecule has 1 atom stereocenters. The Labute approximate surface area is 127 Å². The smallest absolute Gasteiger partial charge is 0.153 e. The summed E-state index contributed by atoms with van der Waals surface area (Å²) in [6, 6.07) is 5.76. The molecule has 1 N–H and O–H groups in total. The van der Waals surface area contributed by atoms with Gasteiger partial charge in [0.15, 0.2) is 4.60 Å². The molecule has 96 valence electrons. The molecule has 0 aliphatic rings. The summed E-state index contributed by atoms with van der Waals surface area (Å²) in [4.78, 5) is 0. The molecule has 0 bridgehead atoms. The zero-order valence-electron chi connectivity index (χ0n) is 9.78. The fourth-order valence-corrected chi connectivity index (χ4v) is 3.00. The molecule has 0 saturated heterocycles. The summed E-state index contributed by atoms with van der Waals surface area (Å²) < 4.78 is 3.30. The van der Waals surface area contributed by atoms with Gasteiger partial charge in [-0.2, -0.15) is 0 Å². The molecule has 0 saturated carbocycles. The van der Waals surface area contributed by atoms with E-state index < -0.39 is 0 Å². The minimum absolute atomic E-state index is 0.0793. The predicted molar refractivity (Wildman–Crippen MR) is 78.8 cm³/mol. The maximum Gasteiger partial charge on any atom is 0.153 e. The first-order valence-electron chi connectivity index (χ1n) is 5.22. The number of hydrogen-bond donors (Lipinski definition) is 1. The van der Waals surface area contributed by atoms with Crippen molar-refractivity contribution in [3.63, 3.8) is 0 Å². The SMILES string of the molecule is CNC(c1cccc(Br)c1Cl)c1c(Br)nnn1C. The summed E-state index contributed by atoms with van der Waals surface area (Å²) in [7, 11) is 3.73. The molecule has 2 rings (SSSR count). The van der Waals surface area contributed by atoms with Gasteiger partial charge in [0.05, 0.1) is 16.8 Å². The highest BCUT2D eigenvalue weighted by atomic mass is 79.9. The molecule has 2 aromatic rings. The second kappa shape index (κ2) is 5.69. The van der Waals surface area contributed by atoms with E-state index in [4.69, 9.17) is 11.6 Å². The molecule has 1 heterocycles. The number of aryl methyl sites for hydroxylation is 1. The van der Waals surface area contributed by atoms with Gasteiger partial charge in [0.2, 0.25) is 0 Å². The Bertz CT molecular complexity index is 551. The second-order valence-corrected chi connectivity index (χ2v) is 5.74. The van der Waals surface area contributed by atoms with E-state index in [1.807, 2.05) is 32.3 Å². The number of rotatable bonds is 3. The van der Waals surface area contributed by atoms with Crippen LogP contribution in [-0.4, -0.2) is 22.0 Å². The summed E-state index contributed by atoms with van der Waals surface area (Å²) in [5.74, 6) is 0. The Morgan fingerprint density at radius 3 is 2.67 bits per heavy atom. The highest BCUT2D eigenvalue weighted by molar-refractivity contribution is 9.10. The summed E-state index contributed by atoms with van der Waals surface area (Å²) in [5, 5.41) is 11.9. The van der Waals surface area contributed by atoms with Crippen LogP contribution in [-0.2, 0) is 7.05 Å². The third kappa shape index (κ3) is 2.47. The lowest BCUT2D eigenvalue weighted by Gasteiger charge is -2.18. The van der Waals surface area contributed by atoms with E-state index in [2.05, 4.69) is 47.5 Å². The van der Waals surface area contributed by atoms with Gasteiger partial charge in [-0.25, -0.2) is 4.68 Å². The first-order valence-corrected chi connectivity index (χ1v) is 7.19. The fourth-order valence-electron chi connectivity index (χ4n) is 1.83. The molecule has 0 radical (unpaired) electrons. The Hall–Kier alpha value is -0.430. The number of aromatic nitrogens is 3. The Morgan fingerprint density at radius 2 is 2.11 bits per heavy atom. The number of benzene rings is 1. The van der Waals surface area contributed by atoms with Crippen LogP contribution in [0, 0.1) is 0 Å². The Balaban J connectivity index is 2.56. The number of nitrogens with zero attached hydrogens (tertiary/aromatic N) is 3. The van der Waals surface area contributed by atoms with Crippen LogP contribution in [0.4, 0.5) is 0 Å². The van der Waals surface area contributed by atoms with Gasteiger partial charge in [0.25, 0.3) is 0 Å². The van der Waals surface area contributed by atoms with Gasteiger partial charge in [0, 0.05) is 11.5 Å². The first-order chi connectivity index (χ1) is 8.56. The van der Waals surface area contributed by atoms with E-state index in [1.54, 1.807) is 4.68 Å². The van der Waals surface area contributed by atoms with E-state index in [1.165, 1.54) is 0 Å². The molecule has 4 nitrogen and oxygen atoms in total. The number of nitrogens with one attached hydrogen (secondary N) is 1. The first kappa shape index (κ1) is 14.0. The third-order valence-electron chi connectivity index (χ3n) is 2.68. The number of hydrogen-bond acceptors (Lipinski definition) is 3. The lowest BCUT2D eigenvalue weighted by molar-refractivity contribution is 0.597. The second-order valence-electron chi connectivity index (χ2n) is 3.75. The monoisotopic (exact) mass is 392 g/mol. The minimum Gasteiger partial charge on any atom is -0.308 e. The van der Waals surface area contributed by atoms with E-state index in [-0.39, 0.29) is 6.04 Å². The van der Waals surface area contributed by atoms with Crippen molar-refractivity contribution in [2.24, 2.45) is 7.05 Å². The average Bonchev–Trinajstić information content (AvgIpc) is 2.67. The van der Waals surface area contributed by atoms with Gasteiger partial charge in [-0.1, -0.05) is 28.9 Å². The van der Waals surface area contributed by atoms with E-state index >= 15 is 0 Å². The fraction of sp³-hybridized carbons (Fsp3) is 0.273. The van der Waals surface area contributed by atoms with Crippen molar-refractivity contribution in [1.82, 2.24) is 20.3 Å². The lowest BCUT2D eigenvalue weighted by atomic mass is 10.0. The molecule has 0 amide bonds. The van der Waals surface area contributed by atoms with Crippen LogP contribution in [0.15, 0.2) is 27.3 Å². The van der Waals surface area contributed by atoms with Gasteiger partial charge < -0.3 is 5.32 Å². The quantitative estimate of drug-likeness (QED) is 0.869. The molecule has 18 heavy (non-hydrogen) atoms. The molecule has 7 heteroatoms. The van der Waals surface area contributed by atoms with Crippen molar-refractivity contribution in [2.75, 3.05) is 7.05 Å². The molecular formula is C11H11Br2ClN4. The molecule has 0 aliphatic heterocycles. The van der Waals surface area contributed by atoms with Crippen molar-refractivity contribution in [2.45, 2.75) is 6.04 Å². The molecule has 1 unspecified atom stereocenters. The average molecular weight is 394 g/mol. The topological polar surface area (TPSA) is 42.7 Å². The van der Waals surface area contributed by atoms with Crippen LogP contribution in [0.1, 0.15) is 17.3 Å². The van der Waals surface area contributed by atoms with Gasteiger partial charge in [-0.15, -0.1) is 5.10 Å². The highest BCUT2D eigenvalue weighted by Gasteiger charge is 2.23. The highest BCUT2D eigenvalue weighted by Crippen LogP contribution is 2.34. The largest absolute Gasteiger partial charge is 0.308 e. The summed E-state index contributed by atoms with van der Waals surface area (Å²) in [6.45, 7) is 0. The minimum atomic E-state index is -0.0793. The van der Waals surface area contributed by atoms with Crippen LogP contribution in [0.3, 0.4) is 0 Å². The van der Waals surface area contributed by atoms with Crippen molar-refractivity contribution >= 4 is 43.5 Å². The van der Waals surface area contributed by atoms with E-state index in [9.17, 15) is 0 Å². The molecular weight excluding hydrogens is 383 g/mol. The predicted octanol–water partition coefficient (Wildman–Crippen LogP) is 3.30. The normalized spacial score (nSPS) is 12.7. The van der Waals surface area contributed by atoms with Crippen LogP contribution < -0.4 is 5.32 Å². The van der Waals surface area contributed by atoms with Crippen LogP contribution in [0.5, 0.6) is 0 Å². The van der Waals surface area contributed by atoms with Crippen molar-refractivity contribution in [3.05, 3.63) is 43.6 Å². The van der Waals surface area contributed by atoms with E-state index in [0.717, 1.165) is 15.7 Å². The Kier molecular flexibility index (Phi) is 4.42. The van der Waals surface area contributed by atoms with E-state index in [0.29, 0.717) is 9.63 Å². The molecule has 1 aromatic heterocycles. The maximum absolute atomic E-state index is 6.34. The third-order valence-corrected chi connectivity index (χ3v) is 4.56. The molecule has 0 aliphatic carbocycles. The zero-order valence-corrected chi connectivity index (χ0v) is 13.7. The number of halogens is 3. The summed E-state index contributed by atoms with van der Waals surface area (Å²) in [5.41, 5.74) is 1.90. The van der Waals surface area contributed by atoms with Gasteiger partial charge in [0.1, 0.15) is 0 Å². The molecule has 0 spiro atoms. The van der Waals surface area contributed by atoms with Gasteiger partial charge in [-0.05, 0) is 50.5 Å². The summed E-state index contributed by atoms with van der Waals surface area (Å²) in [6.07, 6.45) is 0.